The van der Waals surface area contributed by atoms with Gasteiger partial charge in [-0.3, -0.25) is 0 Å². The van der Waals surface area contributed by atoms with Crippen molar-refractivity contribution in [3.63, 3.8) is 0 Å². The summed E-state index contributed by atoms with van der Waals surface area (Å²) in [5.41, 5.74) is 1.96. The molecule has 0 heterocycles. The molecule has 0 radical (unpaired) electrons. The quantitative estimate of drug-likeness (QED) is 0.822. The predicted molar refractivity (Wildman–Crippen MR) is 62.0 cm³/mol. The van der Waals surface area contributed by atoms with E-state index < -0.39 is 0 Å². The first-order valence-electron chi connectivity index (χ1n) is 4.89. The molecule has 0 saturated heterocycles. The Balaban J connectivity index is 2.52. The fourth-order valence-electron chi connectivity index (χ4n) is 1.75. The minimum atomic E-state index is -0.237. The molecule has 0 bridgehead atoms. The van der Waals surface area contributed by atoms with Crippen molar-refractivity contribution in [2.24, 2.45) is 0 Å². The van der Waals surface area contributed by atoms with Gasteiger partial charge >= 0.3 is 0 Å². The number of hydrogen-bond donors (Lipinski definition) is 0. The maximum atomic E-state index is 9.13. The second-order valence-electron chi connectivity index (χ2n) is 4.00. The van der Waals surface area contributed by atoms with Crippen molar-refractivity contribution in [2.75, 3.05) is 7.11 Å². The summed E-state index contributed by atoms with van der Waals surface area (Å²) in [5.74, 6) is 0.812. The van der Waals surface area contributed by atoms with Crippen molar-refractivity contribution in [1.82, 2.24) is 0 Å². The van der Waals surface area contributed by atoms with Crippen LogP contribution in [0.15, 0.2) is 16.6 Å². The number of rotatable bonds is 2. The molecule has 1 aliphatic rings. The van der Waals surface area contributed by atoms with Crippen LogP contribution in [-0.2, 0) is 5.41 Å². The summed E-state index contributed by atoms with van der Waals surface area (Å²) < 4.78 is 6.25. The fourth-order valence-corrected chi connectivity index (χ4v) is 2.14. The topological polar surface area (TPSA) is 33.0 Å². The van der Waals surface area contributed by atoms with Crippen molar-refractivity contribution in [1.29, 1.82) is 5.26 Å². The Morgan fingerprint density at radius 1 is 1.47 bits per heavy atom. The van der Waals surface area contributed by atoms with Crippen molar-refractivity contribution in [3.8, 4) is 11.8 Å². The summed E-state index contributed by atoms with van der Waals surface area (Å²) in [6, 6.07) is 6.43. The molecule has 2 nitrogen and oxygen atoms in total. The zero-order chi connectivity index (χ0) is 11.1. The van der Waals surface area contributed by atoms with Crippen LogP contribution in [0.4, 0.5) is 0 Å². The van der Waals surface area contributed by atoms with Gasteiger partial charge in [0.2, 0.25) is 0 Å². The van der Waals surface area contributed by atoms with Gasteiger partial charge in [0.1, 0.15) is 5.75 Å². The summed E-state index contributed by atoms with van der Waals surface area (Å²) in [5, 5.41) is 9.13. The monoisotopic (exact) mass is 265 g/mol. The van der Waals surface area contributed by atoms with Gasteiger partial charge in [-0.1, -0.05) is 6.07 Å². The Morgan fingerprint density at radius 2 is 2.13 bits per heavy atom. The van der Waals surface area contributed by atoms with Gasteiger partial charge in [0.25, 0.3) is 0 Å². The number of hydrogen-bond acceptors (Lipinski definition) is 2. The summed E-state index contributed by atoms with van der Waals surface area (Å²) in [7, 11) is 1.65. The lowest BCUT2D eigenvalue weighted by atomic mass is 9.96. The molecule has 1 saturated carbocycles. The van der Waals surface area contributed by atoms with Gasteiger partial charge in [-0.05, 0) is 52.9 Å². The molecule has 0 atom stereocenters. The largest absolute Gasteiger partial charge is 0.496 e. The summed E-state index contributed by atoms with van der Waals surface area (Å²) in [6.45, 7) is 2.02. The Kier molecular flexibility index (Phi) is 2.47. The molecule has 0 amide bonds. The van der Waals surface area contributed by atoms with Crippen LogP contribution in [0.25, 0.3) is 0 Å². The van der Waals surface area contributed by atoms with E-state index in [0.29, 0.717) is 0 Å². The Bertz CT molecular complexity index is 444. The molecular formula is C12H12BrNO. The number of benzene rings is 1. The second-order valence-corrected chi connectivity index (χ2v) is 4.80. The van der Waals surface area contributed by atoms with Crippen molar-refractivity contribution in [2.45, 2.75) is 25.2 Å². The molecule has 1 aliphatic carbocycles. The second kappa shape index (κ2) is 3.53. The Hall–Kier alpha value is -1.01. The van der Waals surface area contributed by atoms with Gasteiger partial charge in [0, 0.05) is 0 Å². The van der Waals surface area contributed by atoms with Gasteiger partial charge < -0.3 is 4.74 Å². The molecule has 3 heteroatoms. The average Bonchev–Trinajstić information content (AvgIpc) is 3.02. The van der Waals surface area contributed by atoms with Gasteiger partial charge in [-0.25, -0.2) is 0 Å². The number of methoxy groups -OCH3 is 1. The molecule has 0 spiro atoms. The van der Waals surface area contributed by atoms with Gasteiger partial charge in [0.15, 0.2) is 0 Å². The van der Waals surface area contributed by atoms with E-state index in [9.17, 15) is 0 Å². The van der Waals surface area contributed by atoms with E-state index in [-0.39, 0.29) is 5.41 Å². The number of halogens is 1. The molecule has 1 aromatic carbocycles. The average molecular weight is 266 g/mol. The normalized spacial score (nSPS) is 16.9. The summed E-state index contributed by atoms with van der Waals surface area (Å²) in [6.07, 6.45) is 1.93. The highest BCUT2D eigenvalue weighted by Gasteiger charge is 2.45. The molecule has 0 unspecified atom stereocenters. The smallest absolute Gasteiger partial charge is 0.133 e. The van der Waals surface area contributed by atoms with E-state index in [0.717, 1.165) is 34.2 Å². The van der Waals surface area contributed by atoms with Gasteiger partial charge in [-0.15, -0.1) is 0 Å². The predicted octanol–water partition coefficient (Wildman–Crippen LogP) is 3.32. The Labute approximate surface area is 98.0 Å². The third kappa shape index (κ3) is 1.63. The number of aryl methyl sites for hydroxylation is 1. The molecule has 2 rings (SSSR count). The molecule has 0 aliphatic heterocycles. The molecule has 78 valence electrons. The van der Waals surface area contributed by atoms with Crippen LogP contribution in [0.5, 0.6) is 5.75 Å². The lowest BCUT2D eigenvalue weighted by molar-refractivity contribution is 0.411. The fraction of sp³-hybridized carbons (Fsp3) is 0.417. The van der Waals surface area contributed by atoms with Gasteiger partial charge in [-0.2, -0.15) is 5.26 Å². The molecule has 0 aromatic heterocycles. The van der Waals surface area contributed by atoms with E-state index in [1.807, 2.05) is 13.0 Å². The van der Waals surface area contributed by atoms with E-state index >= 15 is 0 Å². The van der Waals surface area contributed by atoms with E-state index in [1.54, 1.807) is 7.11 Å². The maximum absolute atomic E-state index is 9.13. The zero-order valence-corrected chi connectivity index (χ0v) is 10.4. The van der Waals surface area contributed by atoms with Crippen LogP contribution in [0.2, 0.25) is 0 Å². The maximum Gasteiger partial charge on any atom is 0.133 e. The lowest BCUT2D eigenvalue weighted by Gasteiger charge is -2.12. The standard InChI is InChI=1S/C12H12BrNO/c1-8-5-9(12(7-14)3-4-12)6-10(15-2)11(8)13/h5-6H,3-4H2,1-2H3. The molecule has 1 fully saturated rings. The van der Waals surface area contributed by atoms with Crippen LogP contribution in [-0.4, -0.2) is 7.11 Å². The molecule has 15 heavy (non-hydrogen) atoms. The highest BCUT2D eigenvalue weighted by molar-refractivity contribution is 9.10. The third-order valence-corrected chi connectivity index (χ3v) is 3.97. The minimum Gasteiger partial charge on any atom is -0.496 e. The first-order chi connectivity index (χ1) is 7.13. The van der Waals surface area contributed by atoms with E-state index in [1.165, 1.54) is 0 Å². The van der Waals surface area contributed by atoms with Crippen LogP contribution >= 0.6 is 15.9 Å². The van der Waals surface area contributed by atoms with Crippen molar-refractivity contribution < 1.29 is 4.74 Å². The van der Waals surface area contributed by atoms with Crippen LogP contribution in [0, 0.1) is 18.3 Å². The number of nitriles is 1. The third-order valence-electron chi connectivity index (χ3n) is 2.96. The molecule has 1 aromatic rings. The summed E-state index contributed by atoms with van der Waals surface area (Å²) >= 11 is 3.48. The summed E-state index contributed by atoms with van der Waals surface area (Å²) in [4.78, 5) is 0. The highest BCUT2D eigenvalue weighted by Crippen LogP contribution is 2.49. The molecular weight excluding hydrogens is 254 g/mol. The van der Waals surface area contributed by atoms with Crippen molar-refractivity contribution in [3.05, 3.63) is 27.7 Å². The number of nitrogens with zero attached hydrogens (tertiary/aromatic N) is 1. The minimum absolute atomic E-state index is 0.237. The van der Waals surface area contributed by atoms with Crippen molar-refractivity contribution >= 4 is 15.9 Å². The zero-order valence-electron chi connectivity index (χ0n) is 8.80. The SMILES string of the molecule is COc1cc(C2(C#N)CC2)cc(C)c1Br. The van der Waals surface area contributed by atoms with Gasteiger partial charge in [0.05, 0.1) is 23.1 Å². The van der Waals surface area contributed by atoms with Crippen LogP contribution in [0.1, 0.15) is 24.0 Å². The van der Waals surface area contributed by atoms with E-state index in [4.69, 9.17) is 10.00 Å². The first kappa shape index (κ1) is 10.5. The van der Waals surface area contributed by atoms with Crippen LogP contribution in [0.3, 0.4) is 0 Å². The molecule has 0 N–H and O–H groups in total. The Morgan fingerprint density at radius 3 is 2.60 bits per heavy atom. The highest BCUT2D eigenvalue weighted by atomic mass is 79.9. The lowest BCUT2D eigenvalue weighted by Crippen LogP contribution is -2.04. The van der Waals surface area contributed by atoms with Crippen LogP contribution < -0.4 is 4.74 Å². The first-order valence-corrected chi connectivity index (χ1v) is 5.68. The van der Waals surface area contributed by atoms with E-state index in [2.05, 4.69) is 28.1 Å². The number of ether oxygens (including phenoxy) is 1.